The van der Waals surface area contributed by atoms with Gasteiger partial charge in [-0.3, -0.25) is 0 Å². The summed E-state index contributed by atoms with van der Waals surface area (Å²) in [6, 6.07) is 4.72. The molecule has 0 atom stereocenters. The number of benzene rings is 1. The molecule has 0 radical (unpaired) electrons. The van der Waals surface area contributed by atoms with Crippen LogP contribution in [0, 0.1) is 5.92 Å². The van der Waals surface area contributed by atoms with E-state index in [1.54, 1.807) is 12.1 Å². The van der Waals surface area contributed by atoms with Crippen LogP contribution in [0.25, 0.3) is 0 Å². The van der Waals surface area contributed by atoms with Crippen LogP contribution in [0.15, 0.2) is 18.2 Å². The van der Waals surface area contributed by atoms with Crippen molar-refractivity contribution in [1.29, 1.82) is 0 Å². The Morgan fingerprint density at radius 2 is 2.00 bits per heavy atom. The molecule has 1 aromatic rings. The van der Waals surface area contributed by atoms with E-state index in [-0.39, 0.29) is 17.0 Å². The van der Waals surface area contributed by atoms with Gasteiger partial charge >= 0.3 is 0 Å². The predicted octanol–water partition coefficient (Wildman–Crippen LogP) is 2.38. The van der Waals surface area contributed by atoms with Crippen molar-refractivity contribution in [3.05, 3.63) is 23.8 Å². The first kappa shape index (κ1) is 11.3. The lowest BCUT2D eigenvalue weighted by atomic mass is 9.98. The standard InChI is InChI=1S/C13H19NO2/c1-13(2,10-4-5-10)14-8-9-3-6-11(15)7-12(9)16/h3,6-7,10,14-16H,4-5,8H2,1-2H3. The highest BCUT2D eigenvalue weighted by Gasteiger charge is 2.37. The van der Waals surface area contributed by atoms with Gasteiger partial charge in [-0.2, -0.15) is 0 Å². The van der Waals surface area contributed by atoms with Crippen LogP contribution in [-0.4, -0.2) is 15.8 Å². The van der Waals surface area contributed by atoms with Gasteiger partial charge in [-0.15, -0.1) is 0 Å². The molecule has 0 saturated heterocycles. The zero-order valence-electron chi connectivity index (χ0n) is 9.83. The van der Waals surface area contributed by atoms with Gasteiger partial charge in [0.05, 0.1) is 0 Å². The van der Waals surface area contributed by atoms with E-state index in [4.69, 9.17) is 0 Å². The third-order valence-corrected chi connectivity index (χ3v) is 3.40. The van der Waals surface area contributed by atoms with E-state index in [0.29, 0.717) is 6.54 Å². The average molecular weight is 221 g/mol. The number of phenols is 2. The van der Waals surface area contributed by atoms with Crippen molar-refractivity contribution in [3.63, 3.8) is 0 Å². The van der Waals surface area contributed by atoms with E-state index in [9.17, 15) is 10.2 Å². The highest BCUT2D eigenvalue weighted by atomic mass is 16.3. The molecule has 1 aliphatic rings. The van der Waals surface area contributed by atoms with Gasteiger partial charge in [0, 0.05) is 23.7 Å². The molecule has 3 heteroatoms. The van der Waals surface area contributed by atoms with Crippen LogP contribution in [0.5, 0.6) is 11.5 Å². The third-order valence-electron chi connectivity index (χ3n) is 3.40. The van der Waals surface area contributed by atoms with Crippen molar-refractivity contribution in [1.82, 2.24) is 5.32 Å². The number of aromatic hydroxyl groups is 2. The number of hydrogen-bond donors (Lipinski definition) is 3. The molecule has 0 aromatic heterocycles. The molecule has 3 N–H and O–H groups in total. The molecule has 1 aliphatic carbocycles. The maximum atomic E-state index is 9.64. The SMILES string of the molecule is CC(C)(NCc1ccc(O)cc1O)C1CC1. The topological polar surface area (TPSA) is 52.5 Å². The molecule has 2 rings (SSSR count). The molecule has 3 nitrogen and oxygen atoms in total. The molecule has 88 valence electrons. The Kier molecular flexibility index (Phi) is 2.80. The first-order chi connectivity index (χ1) is 7.49. The lowest BCUT2D eigenvalue weighted by Crippen LogP contribution is -2.40. The Bertz CT molecular complexity index is 384. The summed E-state index contributed by atoms with van der Waals surface area (Å²) in [5.41, 5.74) is 0.955. The second-order valence-electron chi connectivity index (χ2n) is 5.16. The summed E-state index contributed by atoms with van der Waals surface area (Å²) < 4.78 is 0. The first-order valence-corrected chi connectivity index (χ1v) is 5.75. The highest BCUT2D eigenvalue weighted by Crippen LogP contribution is 2.39. The molecule has 0 spiro atoms. The first-order valence-electron chi connectivity index (χ1n) is 5.75. The van der Waals surface area contributed by atoms with Gasteiger partial charge < -0.3 is 15.5 Å². The Balaban J connectivity index is 1.98. The monoisotopic (exact) mass is 221 g/mol. The summed E-state index contributed by atoms with van der Waals surface area (Å²) in [6.45, 7) is 5.03. The zero-order chi connectivity index (χ0) is 11.8. The van der Waals surface area contributed by atoms with Gasteiger partial charge in [0.2, 0.25) is 0 Å². The van der Waals surface area contributed by atoms with Crippen LogP contribution in [0.1, 0.15) is 32.3 Å². The minimum Gasteiger partial charge on any atom is -0.508 e. The number of rotatable bonds is 4. The number of phenolic OH excluding ortho intramolecular Hbond substituents is 2. The Labute approximate surface area is 96.1 Å². The largest absolute Gasteiger partial charge is 0.508 e. The van der Waals surface area contributed by atoms with Crippen LogP contribution < -0.4 is 5.32 Å². The van der Waals surface area contributed by atoms with Gasteiger partial charge in [0.1, 0.15) is 11.5 Å². The van der Waals surface area contributed by atoms with E-state index in [0.717, 1.165) is 11.5 Å². The van der Waals surface area contributed by atoms with E-state index in [1.807, 2.05) is 0 Å². The number of nitrogens with one attached hydrogen (secondary N) is 1. The highest BCUT2D eigenvalue weighted by molar-refractivity contribution is 5.38. The Morgan fingerprint density at radius 3 is 2.56 bits per heavy atom. The third kappa shape index (κ3) is 2.47. The molecule has 0 aliphatic heterocycles. The van der Waals surface area contributed by atoms with Gasteiger partial charge in [-0.25, -0.2) is 0 Å². The second-order valence-corrected chi connectivity index (χ2v) is 5.16. The van der Waals surface area contributed by atoms with Crippen LogP contribution in [0.3, 0.4) is 0 Å². The van der Waals surface area contributed by atoms with E-state index in [2.05, 4.69) is 19.2 Å². The van der Waals surface area contributed by atoms with Crippen molar-refractivity contribution >= 4 is 0 Å². The van der Waals surface area contributed by atoms with Crippen molar-refractivity contribution in [2.75, 3.05) is 0 Å². The molecule has 1 fully saturated rings. The fraction of sp³-hybridized carbons (Fsp3) is 0.538. The van der Waals surface area contributed by atoms with Crippen molar-refractivity contribution < 1.29 is 10.2 Å². The van der Waals surface area contributed by atoms with Crippen molar-refractivity contribution in [2.45, 2.75) is 38.8 Å². The normalized spacial score (nSPS) is 16.4. The maximum Gasteiger partial charge on any atom is 0.123 e. The summed E-state index contributed by atoms with van der Waals surface area (Å²) in [6.07, 6.45) is 2.59. The van der Waals surface area contributed by atoms with Crippen LogP contribution in [0.4, 0.5) is 0 Å². The molecule has 1 saturated carbocycles. The summed E-state index contributed by atoms with van der Waals surface area (Å²) in [5, 5.41) is 22.3. The molecule has 16 heavy (non-hydrogen) atoms. The van der Waals surface area contributed by atoms with Crippen LogP contribution >= 0.6 is 0 Å². The molecule has 0 unspecified atom stereocenters. The summed E-state index contributed by atoms with van der Waals surface area (Å²) in [5.74, 6) is 1.01. The molecule has 1 aromatic carbocycles. The lowest BCUT2D eigenvalue weighted by molar-refractivity contribution is 0.336. The fourth-order valence-electron chi connectivity index (χ4n) is 1.97. The number of hydrogen-bond acceptors (Lipinski definition) is 3. The van der Waals surface area contributed by atoms with E-state index in [1.165, 1.54) is 18.9 Å². The second kappa shape index (κ2) is 3.98. The Hall–Kier alpha value is -1.22. The molecular weight excluding hydrogens is 202 g/mol. The fourth-order valence-corrected chi connectivity index (χ4v) is 1.97. The quantitative estimate of drug-likeness (QED) is 0.731. The molecular formula is C13H19NO2. The minimum atomic E-state index is 0.0997. The molecule has 0 amide bonds. The van der Waals surface area contributed by atoms with E-state index < -0.39 is 0 Å². The van der Waals surface area contributed by atoms with Gasteiger partial charge in [-0.1, -0.05) is 6.07 Å². The van der Waals surface area contributed by atoms with Gasteiger partial charge in [-0.05, 0) is 38.7 Å². The predicted molar refractivity (Wildman–Crippen MR) is 63.4 cm³/mol. The van der Waals surface area contributed by atoms with Crippen LogP contribution in [0.2, 0.25) is 0 Å². The van der Waals surface area contributed by atoms with E-state index >= 15 is 0 Å². The maximum absolute atomic E-state index is 9.64. The van der Waals surface area contributed by atoms with Crippen LogP contribution in [-0.2, 0) is 6.54 Å². The zero-order valence-corrected chi connectivity index (χ0v) is 9.83. The smallest absolute Gasteiger partial charge is 0.123 e. The average Bonchev–Trinajstić information content (AvgIpc) is 2.99. The Morgan fingerprint density at radius 1 is 1.31 bits per heavy atom. The minimum absolute atomic E-state index is 0.0997. The summed E-state index contributed by atoms with van der Waals surface area (Å²) in [7, 11) is 0. The molecule has 0 heterocycles. The lowest BCUT2D eigenvalue weighted by Gasteiger charge is -2.26. The van der Waals surface area contributed by atoms with Crippen molar-refractivity contribution in [2.24, 2.45) is 5.92 Å². The summed E-state index contributed by atoms with van der Waals surface area (Å²) in [4.78, 5) is 0. The van der Waals surface area contributed by atoms with Gasteiger partial charge in [0.25, 0.3) is 0 Å². The van der Waals surface area contributed by atoms with Crippen molar-refractivity contribution in [3.8, 4) is 11.5 Å². The summed E-state index contributed by atoms with van der Waals surface area (Å²) >= 11 is 0. The van der Waals surface area contributed by atoms with Gasteiger partial charge in [0.15, 0.2) is 0 Å². The molecule has 0 bridgehead atoms.